The van der Waals surface area contributed by atoms with Crippen molar-refractivity contribution in [1.29, 1.82) is 0 Å². The molecule has 8 heteroatoms. The van der Waals surface area contributed by atoms with Gasteiger partial charge in [-0.1, -0.05) is 6.07 Å². The van der Waals surface area contributed by atoms with Gasteiger partial charge in [-0.2, -0.15) is 5.10 Å². The second-order valence-corrected chi connectivity index (χ2v) is 6.07. The third-order valence-electron chi connectivity index (χ3n) is 3.77. The van der Waals surface area contributed by atoms with Crippen molar-refractivity contribution in [3.05, 3.63) is 47.5 Å². The van der Waals surface area contributed by atoms with Gasteiger partial charge in [0.15, 0.2) is 0 Å². The number of rotatable bonds is 5. The summed E-state index contributed by atoms with van der Waals surface area (Å²) in [6.07, 6.45) is 3.55. The minimum absolute atomic E-state index is 0.0258. The van der Waals surface area contributed by atoms with E-state index >= 15 is 0 Å². The Hall–Kier alpha value is -2.74. The van der Waals surface area contributed by atoms with Crippen LogP contribution in [0.4, 0.5) is 10.1 Å². The number of carbonyl (C=O) groups excluding carboxylic acids is 2. The first-order valence-corrected chi connectivity index (χ1v) is 7.78. The Morgan fingerprint density at radius 1 is 1.32 bits per heavy atom. The molecule has 25 heavy (non-hydrogen) atoms. The highest BCUT2D eigenvalue weighted by molar-refractivity contribution is 6.39. The first-order chi connectivity index (χ1) is 11.8. The molecule has 0 aliphatic carbocycles. The second-order valence-electron chi connectivity index (χ2n) is 6.07. The number of hydrogen-bond acceptors (Lipinski definition) is 4. The average molecular weight is 347 g/mol. The summed E-state index contributed by atoms with van der Waals surface area (Å²) in [6.45, 7) is 1.96. The quantitative estimate of drug-likeness (QED) is 0.797. The summed E-state index contributed by atoms with van der Waals surface area (Å²) in [7, 11) is 5.54. The van der Waals surface area contributed by atoms with E-state index in [0.29, 0.717) is 0 Å². The molecule has 0 fully saturated rings. The van der Waals surface area contributed by atoms with E-state index in [0.717, 1.165) is 11.1 Å². The highest BCUT2D eigenvalue weighted by atomic mass is 19.1. The molecule has 0 saturated heterocycles. The van der Waals surface area contributed by atoms with Crippen LogP contribution < -0.4 is 10.6 Å². The Balaban J connectivity index is 1.97. The summed E-state index contributed by atoms with van der Waals surface area (Å²) >= 11 is 0. The number of halogens is 1. The van der Waals surface area contributed by atoms with E-state index in [1.54, 1.807) is 30.9 Å². The summed E-state index contributed by atoms with van der Waals surface area (Å²) in [4.78, 5) is 25.9. The van der Waals surface area contributed by atoms with Crippen LogP contribution in [0.5, 0.6) is 0 Å². The molecule has 2 amide bonds. The van der Waals surface area contributed by atoms with Gasteiger partial charge >= 0.3 is 11.8 Å². The Bertz CT molecular complexity index is 772. The van der Waals surface area contributed by atoms with Crippen molar-refractivity contribution in [2.75, 3.05) is 26.0 Å². The lowest BCUT2D eigenvalue weighted by molar-refractivity contribution is -0.136. The lowest BCUT2D eigenvalue weighted by Gasteiger charge is -2.23. The van der Waals surface area contributed by atoms with Crippen LogP contribution in [0.1, 0.15) is 17.2 Å². The number of aromatic nitrogens is 2. The predicted molar refractivity (Wildman–Crippen MR) is 92.4 cm³/mol. The summed E-state index contributed by atoms with van der Waals surface area (Å²) in [6, 6.07) is 4.23. The van der Waals surface area contributed by atoms with Crippen LogP contribution in [0.15, 0.2) is 30.6 Å². The standard InChI is InChI=1S/C17H22FN5O2/c1-11-5-6-14(13(18)7-11)21-17(25)16(24)19-9-15(22(2)3)12-8-20-23(4)10-12/h5-8,10,15H,9H2,1-4H3,(H,19,24)(H,21,25). The maximum atomic E-state index is 13.8. The molecule has 0 spiro atoms. The van der Waals surface area contributed by atoms with Gasteiger partial charge in [0, 0.05) is 25.4 Å². The smallest absolute Gasteiger partial charge is 0.313 e. The molecule has 134 valence electrons. The van der Waals surface area contributed by atoms with Crippen molar-refractivity contribution in [2.45, 2.75) is 13.0 Å². The van der Waals surface area contributed by atoms with E-state index in [2.05, 4.69) is 15.7 Å². The summed E-state index contributed by atoms with van der Waals surface area (Å²) in [5.74, 6) is -2.31. The topological polar surface area (TPSA) is 79.3 Å². The molecule has 1 atom stereocenters. The van der Waals surface area contributed by atoms with Gasteiger partial charge in [0.2, 0.25) is 0 Å². The number of benzene rings is 1. The number of likely N-dealkylation sites (N-methyl/N-ethyl adjacent to an activating group) is 1. The molecule has 1 unspecified atom stereocenters. The van der Waals surface area contributed by atoms with Crippen LogP contribution in [0, 0.1) is 12.7 Å². The van der Waals surface area contributed by atoms with Crippen LogP contribution >= 0.6 is 0 Å². The van der Waals surface area contributed by atoms with Crippen LogP contribution in [-0.2, 0) is 16.6 Å². The van der Waals surface area contributed by atoms with E-state index in [1.165, 1.54) is 12.1 Å². The molecule has 0 bridgehead atoms. The van der Waals surface area contributed by atoms with Crippen LogP contribution in [-0.4, -0.2) is 47.1 Å². The molecule has 1 aromatic carbocycles. The molecule has 2 N–H and O–H groups in total. The number of hydrogen-bond donors (Lipinski definition) is 2. The van der Waals surface area contributed by atoms with Gasteiger partial charge in [0.1, 0.15) is 5.82 Å². The summed E-state index contributed by atoms with van der Waals surface area (Å²) in [5.41, 5.74) is 1.62. The molecule has 0 aliphatic heterocycles. The third kappa shape index (κ3) is 4.87. The molecule has 1 aromatic heterocycles. The normalized spacial score (nSPS) is 12.1. The fourth-order valence-corrected chi connectivity index (χ4v) is 2.38. The van der Waals surface area contributed by atoms with Crippen LogP contribution in [0.25, 0.3) is 0 Å². The lowest BCUT2D eigenvalue weighted by Crippen LogP contribution is -2.40. The number of anilines is 1. The molecule has 0 radical (unpaired) electrons. The maximum absolute atomic E-state index is 13.8. The van der Waals surface area contributed by atoms with Crippen molar-refractivity contribution >= 4 is 17.5 Å². The van der Waals surface area contributed by atoms with Gasteiger partial charge in [-0.3, -0.25) is 14.3 Å². The molecule has 7 nitrogen and oxygen atoms in total. The van der Waals surface area contributed by atoms with E-state index in [1.807, 2.05) is 25.2 Å². The monoisotopic (exact) mass is 347 g/mol. The highest BCUT2D eigenvalue weighted by Gasteiger charge is 2.20. The summed E-state index contributed by atoms with van der Waals surface area (Å²) < 4.78 is 15.4. The predicted octanol–water partition coefficient (Wildman–Crippen LogP) is 1.23. The number of nitrogens with zero attached hydrogens (tertiary/aromatic N) is 3. The number of nitrogens with one attached hydrogen (secondary N) is 2. The van der Waals surface area contributed by atoms with Crippen molar-refractivity contribution in [1.82, 2.24) is 20.0 Å². The zero-order valence-corrected chi connectivity index (χ0v) is 14.7. The van der Waals surface area contributed by atoms with E-state index in [9.17, 15) is 14.0 Å². The molecule has 0 saturated carbocycles. The van der Waals surface area contributed by atoms with Gasteiger partial charge in [0.25, 0.3) is 0 Å². The Labute approximate surface area is 145 Å². The number of aryl methyl sites for hydroxylation is 2. The first kappa shape index (κ1) is 18.6. The average Bonchev–Trinajstić information content (AvgIpc) is 2.95. The first-order valence-electron chi connectivity index (χ1n) is 7.78. The van der Waals surface area contributed by atoms with E-state index < -0.39 is 17.6 Å². The number of carbonyl (C=O) groups is 2. The van der Waals surface area contributed by atoms with Gasteiger partial charge < -0.3 is 15.5 Å². The second kappa shape index (κ2) is 7.89. The minimum Gasteiger partial charge on any atom is -0.346 e. The minimum atomic E-state index is -0.911. The molecule has 2 rings (SSSR count). The maximum Gasteiger partial charge on any atom is 0.313 e. The Morgan fingerprint density at radius 3 is 2.60 bits per heavy atom. The third-order valence-corrected chi connectivity index (χ3v) is 3.77. The van der Waals surface area contributed by atoms with Gasteiger partial charge in [-0.05, 0) is 38.7 Å². The Morgan fingerprint density at radius 2 is 2.04 bits per heavy atom. The summed E-state index contributed by atoms with van der Waals surface area (Å²) in [5, 5.41) is 8.96. The fourth-order valence-electron chi connectivity index (χ4n) is 2.38. The SMILES string of the molecule is Cc1ccc(NC(=O)C(=O)NCC(c2cnn(C)c2)N(C)C)c(F)c1. The van der Waals surface area contributed by atoms with Gasteiger partial charge in [-0.15, -0.1) is 0 Å². The van der Waals surface area contributed by atoms with Crippen molar-refractivity contribution in [3.8, 4) is 0 Å². The van der Waals surface area contributed by atoms with Gasteiger partial charge in [0.05, 0.1) is 17.9 Å². The largest absolute Gasteiger partial charge is 0.346 e. The van der Waals surface area contributed by atoms with E-state index in [4.69, 9.17) is 0 Å². The zero-order chi connectivity index (χ0) is 18.6. The molecule has 1 heterocycles. The number of amides is 2. The van der Waals surface area contributed by atoms with Crippen molar-refractivity contribution in [3.63, 3.8) is 0 Å². The molecule has 0 aliphatic rings. The Kier molecular flexibility index (Phi) is 5.87. The highest BCUT2D eigenvalue weighted by Crippen LogP contribution is 2.17. The van der Waals surface area contributed by atoms with Gasteiger partial charge in [-0.25, -0.2) is 4.39 Å². The lowest BCUT2D eigenvalue weighted by atomic mass is 10.1. The van der Waals surface area contributed by atoms with Crippen LogP contribution in [0.3, 0.4) is 0 Å². The molecule has 2 aromatic rings. The van der Waals surface area contributed by atoms with E-state index in [-0.39, 0.29) is 18.3 Å². The fraction of sp³-hybridized carbons (Fsp3) is 0.353. The zero-order valence-electron chi connectivity index (χ0n) is 14.7. The van der Waals surface area contributed by atoms with Crippen LogP contribution in [0.2, 0.25) is 0 Å². The van der Waals surface area contributed by atoms with Crippen molar-refractivity contribution in [2.24, 2.45) is 7.05 Å². The molecular weight excluding hydrogens is 325 g/mol. The van der Waals surface area contributed by atoms with Crippen molar-refractivity contribution < 1.29 is 14.0 Å². The molecular formula is C17H22FN5O2.